The molecule has 1 aromatic rings. The predicted molar refractivity (Wildman–Crippen MR) is 53.3 cm³/mol. The normalized spacial score (nSPS) is 12.5. The van der Waals surface area contributed by atoms with E-state index in [1.807, 2.05) is 20.0 Å². The molecule has 0 aliphatic heterocycles. The molecule has 0 bridgehead atoms. The maximum absolute atomic E-state index is 11.3. The van der Waals surface area contributed by atoms with E-state index in [1.54, 1.807) is 10.9 Å². The molecule has 0 aliphatic carbocycles. The van der Waals surface area contributed by atoms with E-state index in [4.69, 9.17) is 5.73 Å². The summed E-state index contributed by atoms with van der Waals surface area (Å²) in [5.41, 5.74) is 6.52. The zero-order chi connectivity index (χ0) is 10.6. The lowest BCUT2D eigenvalue weighted by Crippen LogP contribution is -2.39. The van der Waals surface area contributed by atoms with Gasteiger partial charge in [0, 0.05) is 13.2 Å². The van der Waals surface area contributed by atoms with Gasteiger partial charge in [-0.15, -0.1) is 0 Å². The van der Waals surface area contributed by atoms with Crippen molar-refractivity contribution in [2.24, 2.45) is 12.8 Å². The van der Waals surface area contributed by atoms with Crippen molar-refractivity contribution in [1.82, 2.24) is 15.1 Å². The fraction of sp³-hybridized carbons (Fsp3) is 0.556. The summed E-state index contributed by atoms with van der Waals surface area (Å²) in [5.74, 6) is -0.117. The number of hydrogen-bond acceptors (Lipinski definition) is 3. The summed E-state index contributed by atoms with van der Waals surface area (Å²) in [5, 5.41) is 6.75. The monoisotopic (exact) mass is 196 g/mol. The second-order valence-electron chi connectivity index (χ2n) is 3.18. The van der Waals surface area contributed by atoms with Gasteiger partial charge in [0.1, 0.15) is 0 Å². The molecule has 5 heteroatoms. The van der Waals surface area contributed by atoms with Crippen LogP contribution in [0.4, 0.5) is 0 Å². The average Bonchev–Trinajstić information content (AvgIpc) is 2.59. The van der Waals surface area contributed by atoms with E-state index < -0.39 is 6.04 Å². The molecule has 1 rings (SSSR count). The Morgan fingerprint density at radius 3 is 3.00 bits per heavy atom. The third-order valence-electron chi connectivity index (χ3n) is 2.14. The molecule has 0 aliphatic rings. The molecule has 5 nitrogen and oxygen atoms in total. The zero-order valence-corrected chi connectivity index (χ0v) is 8.53. The third kappa shape index (κ3) is 2.56. The summed E-state index contributed by atoms with van der Waals surface area (Å²) in [6.07, 6.45) is 2.35. The van der Waals surface area contributed by atoms with Crippen LogP contribution < -0.4 is 11.1 Å². The van der Waals surface area contributed by atoms with Gasteiger partial charge in [-0.05, 0) is 12.5 Å². The van der Waals surface area contributed by atoms with Crippen LogP contribution >= 0.6 is 0 Å². The second-order valence-corrected chi connectivity index (χ2v) is 3.18. The molecule has 78 valence electrons. The van der Waals surface area contributed by atoms with Gasteiger partial charge in [0.25, 0.3) is 0 Å². The Morgan fingerprint density at radius 1 is 1.79 bits per heavy atom. The minimum absolute atomic E-state index is 0.117. The molecule has 1 amide bonds. The average molecular weight is 196 g/mol. The Hall–Kier alpha value is -1.36. The lowest BCUT2D eigenvalue weighted by molar-refractivity contribution is -0.122. The number of rotatable bonds is 4. The van der Waals surface area contributed by atoms with Crippen molar-refractivity contribution in [2.75, 3.05) is 0 Å². The highest BCUT2D eigenvalue weighted by Gasteiger charge is 2.10. The van der Waals surface area contributed by atoms with Gasteiger partial charge in [0.15, 0.2) is 0 Å². The van der Waals surface area contributed by atoms with Crippen molar-refractivity contribution in [2.45, 2.75) is 25.9 Å². The fourth-order valence-electron chi connectivity index (χ4n) is 1.07. The number of aryl methyl sites for hydroxylation is 1. The van der Waals surface area contributed by atoms with Crippen LogP contribution in [0.2, 0.25) is 0 Å². The van der Waals surface area contributed by atoms with Gasteiger partial charge in [-0.25, -0.2) is 0 Å². The highest BCUT2D eigenvalue weighted by molar-refractivity contribution is 5.81. The Labute approximate surface area is 83.3 Å². The molecule has 0 aromatic carbocycles. The summed E-state index contributed by atoms with van der Waals surface area (Å²) in [4.78, 5) is 11.3. The first-order valence-electron chi connectivity index (χ1n) is 4.65. The molecule has 1 atom stereocenters. The maximum Gasteiger partial charge on any atom is 0.237 e. The molecule has 3 N–H and O–H groups in total. The molecule has 0 fully saturated rings. The quantitative estimate of drug-likeness (QED) is 0.699. The number of aromatic nitrogens is 2. The van der Waals surface area contributed by atoms with Gasteiger partial charge in [-0.3, -0.25) is 9.48 Å². The highest BCUT2D eigenvalue weighted by Crippen LogP contribution is 1.95. The van der Waals surface area contributed by atoms with E-state index in [1.165, 1.54) is 0 Å². The van der Waals surface area contributed by atoms with Crippen LogP contribution in [0.25, 0.3) is 0 Å². The number of carbonyl (C=O) groups is 1. The summed E-state index contributed by atoms with van der Waals surface area (Å²) < 4.78 is 1.72. The van der Waals surface area contributed by atoms with Crippen LogP contribution in [-0.2, 0) is 18.4 Å². The summed E-state index contributed by atoms with van der Waals surface area (Å²) in [7, 11) is 1.83. The smallest absolute Gasteiger partial charge is 0.237 e. The number of nitrogens with zero attached hydrogens (tertiary/aromatic N) is 2. The van der Waals surface area contributed by atoms with E-state index in [0.717, 1.165) is 5.69 Å². The number of amides is 1. The predicted octanol–water partition coefficient (Wildman–Crippen LogP) is -0.226. The van der Waals surface area contributed by atoms with E-state index in [-0.39, 0.29) is 5.91 Å². The van der Waals surface area contributed by atoms with Gasteiger partial charge in [0.2, 0.25) is 5.91 Å². The number of nitrogens with two attached hydrogens (primary N) is 1. The van der Waals surface area contributed by atoms with Gasteiger partial charge in [-0.1, -0.05) is 6.92 Å². The minimum atomic E-state index is -0.414. The van der Waals surface area contributed by atoms with Gasteiger partial charge < -0.3 is 11.1 Å². The first-order chi connectivity index (χ1) is 6.65. The van der Waals surface area contributed by atoms with Crippen LogP contribution in [0.3, 0.4) is 0 Å². The number of carbonyl (C=O) groups excluding carboxylic acids is 1. The van der Waals surface area contributed by atoms with Crippen molar-refractivity contribution in [3.63, 3.8) is 0 Å². The maximum atomic E-state index is 11.3. The molecule has 1 aromatic heterocycles. The van der Waals surface area contributed by atoms with E-state index in [0.29, 0.717) is 13.0 Å². The van der Waals surface area contributed by atoms with E-state index in [9.17, 15) is 4.79 Å². The van der Waals surface area contributed by atoms with Crippen molar-refractivity contribution in [3.05, 3.63) is 18.0 Å². The van der Waals surface area contributed by atoms with E-state index in [2.05, 4.69) is 10.4 Å². The van der Waals surface area contributed by atoms with Gasteiger partial charge in [0.05, 0.1) is 18.3 Å². The SMILES string of the molecule is CC[C@@H](N)C(=O)NCc1ccnn1C. The molecule has 1 heterocycles. The Balaban J connectivity index is 2.41. The summed E-state index contributed by atoms with van der Waals surface area (Å²) in [6, 6.07) is 1.45. The van der Waals surface area contributed by atoms with Crippen molar-refractivity contribution < 1.29 is 4.79 Å². The van der Waals surface area contributed by atoms with Crippen molar-refractivity contribution in [3.8, 4) is 0 Å². The standard InChI is InChI=1S/C9H16N4O/c1-3-8(10)9(14)11-6-7-4-5-12-13(7)2/h4-5,8H,3,6,10H2,1-2H3,(H,11,14)/t8-/m1/s1. The highest BCUT2D eigenvalue weighted by atomic mass is 16.2. The molecule has 0 saturated carbocycles. The first kappa shape index (κ1) is 10.7. The molecular formula is C9H16N4O. The Bertz CT molecular complexity index is 308. The zero-order valence-electron chi connectivity index (χ0n) is 8.53. The van der Waals surface area contributed by atoms with Crippen LogP contribution in [0.5, 0.6) is 0 Å². The third-order valence-corrected chi connectivity index (χ3v) is 2.14. The van der Waals surface area contributed by atoms with Crippen molar-refractivity contribution >= 4 is 5.91 Å². The lowest BCUT2D eigenvalue weighted by Gasteiger charge is -2.09. The second kappa shape index (κ2) is 4.76. The van der Waals surface area contributed by atoms with Crippen LogP contribution in [0.1, 0.15) is 19.0 Å². The van der Waals surface area contributed by atoms with Gasteiger partial charge in [-0.2, -0.15) is 5.10 Å². The van der Waals surface area contributed by atoms with E-state index >= 15 is 0 Å². The van der Waals surface area contributed by atoms with Crippen LogP contribution in [0, 0.1) is 0 Å². The van der Waals surface area contributed by atoms with Crippen molar-refractivity contribution in [1.29, 1.82) is 0 Å². The first-order valence-corrected chi connectivity index (χ1v) is 4.65. The molecule has 0 spiro atoms. The lowest BCUT2D eigenvalue weighted by atomic mass is 10.2. The minimum Gasteiger partial charge on any atom is -0.349 e. The van der Waals surface area contributed by atoms with Gasteiger partial charge >= 0.3 is 0 Å². The largest absolute Gasteiger partial charge is 0.349 e. The molecule has 0 radical (unpaired) electrons. The summed E-state index contributed by atoms with van der Waals surface area (Å²) in [6.45, 7) is 2.36. The fourth-order valence-corrected chi connectivity index (χ4v) is 1.07. The van der Waals surface area contributed by atoms with Crippen LogP contribution in [0.15, 0.2) is 12.3 Å². The molecular weight excluding hydrogens is 180 g/mol. The molecule has 0 saturated heterocycles. The topological polar surface area (TPSA) is 72.9 Å². The summed E-state index contributed by atoms with van der Waals surface area (Å²) >= 11 is 0. The number of hydrogen-bond donors (Lipinski definition) is 2. The Kier molecular flexibility index (Phi) is 3.64. The molecule has 0 unspecified atom stereocenters. The Morgan fingerprint density at radius 2 is 2.50 bits per heavy atom. The molecule has 14 heavy (non-hydrogen) atoms. The number of nitrogens with one attached hydrogen (secondary N) is 1. The van der Waals surface area contributed by atoms with Crippen LogP contribution in [-0.4, -0.2) is 21.7 Å².